The number of aryl methyl sites for hydroxylation is 2. The van der Waals surface area contributed by atoms with Crippen molar-refractivity contribution in [3.63, 3.8) is 0 Å². The molecule has 0 radical (unpaired) electrons. The smallest absolute Gasteiger partial charge is 0.113 e. The number of benzene rings is 1. The van der Waals surface area contributed by atoms with Gasteiger partial charge in [0.2, 0.25) is 0 Å². The SMILES string of the molecule is Cc1ccc(-c2cn(CCCO)nn2)cc1. The molecule has 0 amide bonds. The van der Waals surface area contributed by atoms with Gasteiger partial charge in [0.25, 0.3) is 0 Å². The first-order valence-electron chi connectivity index (χ1n) is 5.37. The van der Waals surface area contributed by atoms with Crippen molar-refractivity contribution in [1.82, 2.24) is 15.0 Å². The Morgan fingerprint density at radius 2 is 2.00 bits per heavy atom. The van der Waals surface area contributed by atoms with Gasteiger partial charge in [0.15, 0.2) is 0 Å². The summed E-state index contributed by atoms with van der Waals surface area (Å²) in [5.41, 5.74) is 3.18. The number of hydrogen-bond acceptors (Lipinski definition) is 3. The summed E-state index contributed by atoms with van der Waals surface area (Å²) in [6.45, 7) is 2.94. The molecule has 4 nitrogen and oxygen atoms in total. The van der Waals surface area contributed by atoms with Gasteiger partial charge in [0, 0.05) is 18.7 Å². The van der Waals surface area contributed by atoms with Crippen LogP contribution in [0.4, 0.5) is 0 Å². The lowest BCUT2D eigenvalue weighted by molar-refractivity contribution is 0.276. The number of hydrogen-bond donors (Lipinski definition) is 1. The van der Waals surface area contributed by atoms with Crippen molar-refractivity contribution in [1.29, 1.82) is 0 Å². The number of nitrogens with zero attached hydrogens (tertiary/aromatic N) is 3. The van der Waals surface area contributed by atoms with E-state index in [1.165, 1.54) is 5.56 Å². The maximum absolute atomic E-state index is 8.72. The van der Waals surface area contributed by atoms with E-state index in [1.54, 1.807) is 4.68 Å². The Morgan fingerprint density at radius 3 is 2.69 bits per heavy atom. The van der Waals surface area contributed by atoms with Crippen molar-refractivity contribution >= 4 is 0 Å². The fraction of sp³-hybridized carbons (Fsp3) is 0.333. The molecule has 1 N–H and O–H groups in total. The summed E-state index contributed by atoms with van der Waals surface area (Å²) in [7, 11) is 0. The lowest BCUT2D eigenvalue weighted by atomic mass is 10.1. The Morgan fingerprint density at radius 1 is 1.25 bits per heavy atom. The Balaban J connectivity index is 2.15. The predicted octanol–water partition coefficient (Wildman–Crippen LogP) is 1.64. The van der Waals surface area contributed by atoms with E-state index < -0.39 is 0 Å². The van der Waals surface area contributed by atoms with E-state index in [2.05, 4.69) is 29.4 Å². The second-order valence-corrected chi connectivity index (χ2v) is 3.81. The Labute approximate surface area is 94.5 Å². The van der Waals surface area contributed by atoms with Crippen LogP contribution in [0, 0.1) is 6.92 Å². The molecule has 0 bridgehead atoms. The van der Waals surface area contributed by atoms with Crippen LogP contribution in [0.2, 0.25) is 0 Å². The molecule has 0 atom stereocenters. The summed E-state index contributed by atoms with van der Waals surface area (Å²) < 4.78 is 1.76. The first-order chi connectivity index (χ1) is 7.79. The van der Waals surface area contributed by atoms with Gasteiger partial charge in [-0.25, -0.2) is 0 Å². The number of aliphatic hydroxyl groups is 1. The van der Waals surface area contributed by atoms with Crippen LogP contribution >= 0.6 is 0 Å². The van der Waals surface area contributed by atoms with E-state index >= 15 is 0 Å². The largest absolute Gasteiger partial charge is 0.396 e. The monoisotopic (exact) mass is 217 g/mol. The van der Waals surface area contributed by atoms with E-state index in [-0.39, 0.29) is 6.61 Å². The van der Waals surface area contributed by atoms with Crippen LogP contribution in [0.5, 0.6) is 0 Å². The Hall–Kier alpha value is -1.68. The molecule has 0 fully saturated rings. The molecule has 0 saturated heterocycles. The highest BCUT2D eigenvalue weighted by Gasteiger charge is 2.02. The molecule has 0 saturated carbocycles. The molecule has 0 aliphatic heterocycles. The van der Waals surface area contributed by atoms with E-state index in [1.807, 2.05) is 18.3 Å². The minimum atomic E-state index is 0.180. The molecule has 1 aromatic carbocycles. The van der Waals surface area contributed by atoms with Gasteiger partial charge in [0.1, 0.15) is 5.69 Å². The van der Waals surface area contributed by atoms with Gasteiger partial charge in [-0.1, -0.05) is 35.0 Å². The fourth-order valence-electron chi connectivity index (χ4n) is 1.50. The molecule has 84 valence electrons. The van der Waals surface area contributed by atoms with E-state index in [0.717, 1.165) is 11.3 Å². The van der Waals surface area contributed by atoms with Crippen molar-refractivity contribution in [3.8, 4) is 11.3 Å². The molecule has 4 heteroatoms. The minimum absolute atomic E-state index is 0.180. The van der Waals surface area contributed by atoms with Gasteiger partial charge in [0.05, 0.1) is 6.20 Å². The zero-order valence-electron chi connectivity index (χ0n) is 9.30. The number of aliphatic hydroxyl groups excluding tert-OH is 1. The van der Waals surface area contributed by atoms with E-state index in [9.17, 15) is 0 Å². The van der Waals surface area contributed by atoms with Crippen LogP contribution in [0.3, 0.4) is 0 Å². The summed E-state index contributed by atoms with van der Waals surface area (Å²) in [4.78, 5) is 0. The quantitative estimate of drug-likeness (QED) is 0.847. The van der Waals surface area contributed by atoms with Crippen LogP contribution in [-0.2, 0) is 6.54 Å². The van der Waals surface area contributed by atoms with Crippen molar-refractivity contribution in [2.45, 2.75) is 19.9 Å². The maximum atomic E-state index is 8.72. The minimum Gasteiger partial charge on any atom is -0.396 e. The van der Waals surface area contributed by atoms with Gasteiger partial charge in [-0.15, -0.1) is 5.10 Å². The summed E-state index contributed by atoms with van der Waals surface area (Å²) in [6, 6.07) is 8.19. The zero-order valence-corrected chi connectivity index (χ0v) is 9.30. The molecule has 0 aliphatic rings. The molecule has 16 heavy (non-hydrogen) atoms. The van der Waals surface area contributed by atoms with Crippen molar-refractivity contribution in [2.75, 3.05) is 6.61 Å². The molecular weight excluding hydrogens is 202 g/mol. The topological polar surface area (TPSA) is 50.9 Å². The summed E-state index contributed by atoms with van der Waals surface area (Å²) in [6.07, 6.45) is 2.61. The van der Waals surface area contributed by atoms with Gasteiger partial charge in [-0.2, -0.15) is 0 Å². The van der Waals surface area contributed by atoms with Crippen LogP contribution < -0.4 is 0 Å². The predicted molar refractivity (Wildman–Crippen MR) is 61.9 cm³/mol. The van der Waals surface area contributed by atoms with Gasteiger partial charge in [-0.05, 0) is 13.3 Å². The summed E-state index contributed by atoms with van der Waals surface area (Å²) in [5, 5.41) is 16.8. The third-order valence-corrected chi connectivity index (χ3v) is 2.43. The summed E-state index contributed by atoms with van der Waals surface area (Å²) >= 11 is 0. The normalized spacial score (nSPS) is 10.6. The second kappa shape index (κ2) is 4.90. The highest BCUT2D eigenvalue weighted by Crippen LogP contribution is 2.16. The molecule has 2 rings (SSSR count). The van der Waals surface area contributed by atoms with Crippen molar-refractivity contribution in [2.24, 2.45) is 0 Å². The zero-order chi connectivity index (χ0) is 11.4. The highest BCUT2D eigenvalue weighted by atomic mass is 16.3. The highest BCUT2D eigenvalue weighted by molar-refractivity contribution is 5.57. The average Bonchev–Trinajstić information content (AvgIpc) is 2.76. The fourth-order valence-corrected chi connectivity index (χ4v) is 1.50. The molecule has 0 aliphatic carbocycles. The standard InChI is InChI=1S/C12H15N3O/c1-10-3-5-11(6-4-10)12-9-15(14-13-12)7-2-8-16/h3-6,9,16H,2,7-8H2,1H3. The molecule has 0 unspecified atom stereocenters. The lowest BCUT2D eigenvalue weighted by Crippen LogP contribution is -2.00. The maximum Gasteiger partial charge on any atom is 0.113 e. The van der Waals surface area contributed by atoms with Crippen LogP contribution in [-0.4, -0.2) is 26.7 Å². The molecule has 0 spiro atoms. The lowest BCUT2D eigenvalue weighted by Gasteiger charge is -1.97. The first-order valence-corrected chi connectivity index (χ1v) is 5.37. The van der Waals surface area contributed by atoms with Crippen LogP contribution in [0.25, 0.3) is 11.3 Å². The van der Waals surface area contributed by atoms with Crippen molar-refractivity contribution < 1.29 is 5.11 Å². The van der Waals surface area contributed by atoms with Gasteiger partial charge >= 0.3 is 0 Å². The van der Waals surface area contributed by atoms with Crippen LogP contribution in [0.1, 0.15) is 12.0 Å². The average molecular weight is 217 g/mol. The Bertz CT molecular complexity index is 448. The van der Waals surface area contributed by atoms with E-state index in [4.69, 9.17) is 5.11 Å². The number of aromatic nitrogens is 3. The Kier molecular flexibility index (Phi) is 3.31. The molecule has 1 aromatic heterocycles. The van der Waals surface area contributed by atoms with Crippen molar-refractivity contribution in [3.05, 3.63) is 36.0 Å². The first kappa shape index (κ1) is 10.8. The van der Waals surface area contributed by atoms with Gasteiger partial charge in [-0.3, -0.25) is 4.68 Å². The third kappa shape index (κ3) is 2.46. The van der Waals surface area contributed by atoms with Crippen LogP contribution in [0.15, 0.2) is 30.5 Å². The third-order valence-electron chi connectivity index (χ3n) is 2.43. The second-order valence-electron chi connectivity index (χ2n) is 3.81. The molecular formula is C12H15N3O. The molecule has 2 aromatic rings. The van der Waals surface area contributed by atoms with Gasteiger partial charge < -0.3 is 5.11 Å². The molecule has 1 heterocycles. The number of rotatable bonds is 4. The van der Waals surface area contributed by atoms with E-state index in [0.29, 0.717) is 13.0 Å². The summed E-state index contributed by atoms with van der Waals surface area (Å²) in [5.74, 6) is 0.